The first-order valence-corrected chi connectivity index (χ1v) is 17.3. The van der Waals surface area contributed by atoms with Crippen LogP contribution in [0.5, 0.6) is 0 Å². The van der Waals surface area contributed by atoms with Crippen molar-refractivity contribution in [3.63, 3.8) is 0 Å². The van der Waals surface area contributed by atoms with Crippen LogP contribution in [-0.2, 0) is 33.4 Å². The molecule has 2 rings (SSSR count). The van der Waals surface area contributed by atoms with Gasteiger partial charge in [-0.3, -0.25) is 24.0 Å². The van der Waals surface area contributed by atoms with E-state index in [1.807, 2.05) is 0 Å². The standard InChI is InChI=1S/C28H47N5O8S2/c1-17(2)23-26(38)30-15-22(35)40-18-10-7-9-13-42-43-16-20(25(37)33-23)32-24(36)19(31-21(34)14-18)11-6-8-12-29-27(39)41-28(3,4)5/h17-20,23H,6-16H2,1-5H3,(H,29,39)(H,30,38)(H,31,34)(H,32,36)(H,33,37)/t18-,19-,20-,23-/m1/s1. The number of ether oxygens (including phenoxy) is 2. The van der Waals surface area contributed by atoms with E-state index in [9.17, 15) is 28.8 Å². The monoisotopic (exact) mass is 645 g/mol. The van der Waals surface area contributed by atoms with Crippen molar-refractivity contribution in [1.82, 2.24) is 26.6 Å². The van der Waals surface area contributed by atoms with Gasteiger partial charge in [0.1, 0.15) is 36.4 Å². The van der Waals surface area contributed by atoms with Gasteiger partial charge >= 0.3 is 12.1 Å². The molecule has 5 N–H and O–H groups in total. The summed E-state index contributed by atoms with van der Waals surface area (Å²) in [5.41, 5.74) is -0.625. The van der Waals surface area contributed by atoms with Crippen molar-refractivity contribution in [2.75, 3.05) is 24.6 Å². The van der Waals surface area contributed by atoms with E-state index in [4.69, 9.17) is 9.47 Å². The van der Waals surface area contributed by atoms with Gasteiger partial charge in [0.15, 0.2) is 0 Å². The molecule has 15 heteroatoms. The minimum absolute atomic E-state index is 0.149. The van der Waals surface area contributed by atoms with Crippen LogP contribution >= 0.6 is 21.6 Å². The number of hydrogen-bond acceptors (Lipinski definition) is 10. The number of fused-ring (bicyclic) bond motifs is 7. The van der Waals surface area contributed by atoms with Crippen molar-refractivity contribution in [3.05, 3.63) is 0 Å². The maximum atomic E-state index is 13.5. The van der Waals surface area contributed by atoms with Crippen LogP contribution in [-0.4, -0.2) is 90.1 Å². The second-order valence-corrected chi connectivity index (χ2v) is 14.6. The Hall–Kier alpha value is -2.68. The Kier molecular flexibility index (Phi) is 15.5. The number of amides is 5. The summed E-state index contributed by atoms with van der Waals surface area (Å²) >= 11 is 0. The Morgan fingerprint density at radius 2 is 1.74 bits per heavy atom. The Balaban J connectivity index is 2.26. The van der Waals surface area contributed by atoms with Crippen molar-refractivity contribution in [2.24, 2.45) is 5.92 Å². The third-order valence-electron chi connectivity index (χ3n) is 6.56. The highest BCUT2D eigenvalue weighted by Gasteiger charge is 2.32. The number of unbranched alkanes of at least 4 members (excludes halogenated alkanes) is 1. The van der Waals surface area contributed by atoms with Gasteiger partial charge in [-0.15, -0.1) is 0 Å². The lowest BCUT2D eigenvalue weighted by Gasteiger charge is -2.27. The minimum Gasteiger partial charge on any atom is -0.461 e. The van der Waals surface area contributed by atoms with Crippen LogP contribution in [0.25, 0.3) is 0 Å². The second kappa shape index (κ2) is 18.2. The predicted molar refractivity (Wildman–Crippen MR) is 165 cm³/mol. The Bertz CT molecular complexity index is 991. The zero-order valence-corrected chi connectivity index (χ0v) is 27.4. The lowest BCUT2D eigenvalue weighted by molar-refractivity contribution is -0.151. The van der Waals surface area contributed by atoms with Crippen LogP contribution in [0.3, 0.4) is 0 Å². The van der Waals surface area contributed by atoms with Gasteiger partial charge in [-0.2, -0.15) is 0 Å². The predicted octanol–water partition coefficient (Wildman–Crippen LogP) is 1.79. The Labute approximate surface area is 261 Å². The van der Waals surface area contributed by atoms with Gasteiger partial charge in [0.25, 0.3) is 0 Å². The van der Waals surface area contributed by atoms with E-state index in [1.165, 1.54) is 10.8 Å². The summed E-state index contributed by atoms with van der Waals surface area (Å²) in [6.07, 6.45) is 1.77. The molecule has 2 aliphatic heterocycles. The fraction of sp³-hybridized carbons (Fsp3) is 0.786. The normalized spacial score (nSPS) is 25.4. The summed E-state index contributed by atoms with van der Waals surface area (Å²) in [6.45, 7) is 8.74. The van der Waals surface area contributed by atoms with Crippen molar-refractivity contribution in [2.45, 2.75) is 109 Å². The molecule has 2 fully saturated rings. The highest BCUT2D eigenvalue weighted by Crippen LogP contribution is 2.25. The maximum absolute atomic E-state index is 13.5. The molecule has 0 radical (unpaired) electrons. The second-order valence-electron chi connectivity index (χ2n) is 12.0. The summed E-state index contributed by atoms with van der Waals surface area (Å²) in [5, 5.41) is 13.5. The number of esters is 1. The first-order chi connectivity index (χ1) is 20.2. The molecule has 43 heavy (non-hydrogen) atoms. The first-order valence-electron chi connectivity index (χ1n) is 14.8. The van der Waals surface area contributed by atoms with Crippen molar-refractivity contribution >= 4 is 57.3 Å². The highest BCUT2D eigenvalue weighted by molar-refractivity contribution is 8.76. The molecule has 0 aromatic heterocycles. The van der Waals surface area contributed by atoms with Crippen LogP contribution < -0.4 is 26.6 Å². The largest absolute Gasteiger partial charge is 0.461 e. The molecule has 2 heterocycles. The lowest BCUT2D eigenvalue weighted by Crippen LogP contribution is -2.59. The van der Waals surface area contributed by atoms with Crippen molar-refractivity contribution in [1.29, 1.82) is 0 Å². The molecule has 0 unspecified atom stereocenters. The van der Waals surface area contributed by atoms with Crippen LogP contribution in [0.15, 0.2) is 0 Å². The van der Waals surface area contributed by atoms with Gasteiger partial charge in [-0.1, -0.05) is 35.4 Å². The van der Waals surface area contributed by atoms with Crippen LogP contribution in [0, 0.1) is 5.92 Å². The van der Waals surface area contributed by atoms with E-state index in [-0.39, 0.29) is 24.5 Å². The molecule has 13 nitrogen and oxygen atoms in total. The van der Waals surface area contributed by atoms with Crippen molar-refractivity contribution < 1.29 is 38.2 Å². The number of carbonyl (C=O) groups is 6. The zero-order chi connectivity index (χ0) is 32.0. The lowest BCUT2D eigenvalue weighted by atomic mass is 10.0. The highest BCUT2D eigenvalue weighted by atomic mass is 33.1. The quantitative estimate of drug-likeness (QED) is 0.162. The van der Waals surface area contributed by atoms with E-state index in [1.54, 1.807) is 45.4 Å². The molecule has 0 aromatic carbocycles. The average molecular weight is 646 g/mol. The topological polar surface area (TPSA) is 181 Å². The molecule has 0 spiro atoms. The third-order valence-corrected chi connectivity index (χ3v) is 9.06. The van der Waals surface area contributed by atoms with E-state index >= 15 is 0 Å². The van der Waals surface area contributed by atoms with Crippen LogP contribution in [0.1, 0.15) is 79.6 Å². The minimum atomic E-state index is -0.972. The SMILES string of the molecule is CC(C)[C@H]1NC(=O)[C@H]2CSSCCCC[C@H](CC(=O)N[C@H](CCCCNC(=O)OC(C)(C)C)C(=O)N2)OC(=O)CNC1=O. The van der Waals surface area contributed by atoms with E-state index < -0.39 is 72.1 Å². The van der Waals surface area contributed by atoms with Crippen LogP contribution in [0.2, 0.25) is 0 Å². The fourth-order valence-electron chi connectivity index (χ4n) is 4.36. The van der Waals surface area contributed by atoms with Gasteiger partial charge in [-0.25, -0.2) is 4.79 Å². The number of carbonyl (C=O) groups excluding carboxylic acids is 6. The molecular weight excluding hydrogens is 598 g/mol. The van der Waals surface area contributed by atoms with Gasteiger partial charge in [0, 0.05) is 18.1 Å². The number of hydrogen-bond donors (Lipinski definition) is 5. The summed E-state index contributed by atoms with van der Waals surface area (Å²) in [7, 11) is 3.00. The summed E-state index contributed by atoms with van der Waals surface area (Å²) in [5.74, 6) is -2.06. The van der Waals surface area contributed by atoms with E-state index in [0.717, 1.165) is 12.2 Å². The molecule has 2 saturated heterocycles. The van der Waals surface area contributed by atoms with Gasteiger partial charge < -0.3 is 36.1 Å². The fourth-order valence-corrected chi connectivity index (χ4v) is 6.67. The molecule has 5 amide bonds. The van der Waals surface area contributed by atoms with Gasteiger partial charge in [0.05, 0.1) is 6.42 Å². The summed E-state index contributed by atoms with van der Waals surface area (Å²) < 4.78 is 10.8. The molecule has 2 aliphatic rings. The molecule has 0 aromatic rings. The smallest absolute Gasteiger partial charge is 0.407 e. The Morgan fingerprint density at radius 1 is 1.00 bits per heavy atom. The van der Waals surface area contributed by atoms with E-state index in [2.05, 4.69) is 26.6 Å². The molecule has 244 valence electrons. The number of alkyl carbamates (subject to hydrolysis) is 1. The molecule has 0 aliphatic carbocycles. The summed E-state index contributed by atoms with van der Waals surface area (Å²) in [6, 6.07) is -2.88. The van der Waals surface area contributed by atoms with Crippen molar-refractivity contribution in [3.8, 4) is 0 Å². The molecular formula is C28H47N5O8S2. The van der Waals surface area contributed by atoms with Gasteiger partial charge in [-0.05, 0) is 65.2 Å². The maximum Gasteiger partial charge on any atom is 0.407 e. The number of rotatable bonds is 6. The third kappa shape index (κ3) is 14.6. The first kappa shape index (κ1) is 36.5. The van der Waals surface area contributed by atoms with E-state index in [0.29, 0.717) is 32.2 Å². The average Bonchev–Trinajstić information content (AvgIpc) is 2.90. The molecule has 4 atom stereocenters. The number of nitrogens with one attached hydrogen (secondary N) is 5. The summed E-state index contributed by atoms with van der Waals surface area (Å²) in [4.78, 5) is 77.4. The van der Waals surface area contributed by atoms with Gasteiger partial charge in [0.2, 0.25) is 23.6 Å². The van der Waals surface area contributed by atoms with Crippen LogP contribution in [0.4, 0.5) is 4.79 Å². The Morgan fingerprint density at radius 3 is 2.44 bits per heavy atom. The zero-order valence-electron chi connectivity index (χ0n) is 25.7. The molecule has 0 saturated carbocycles. The molecule has 2 bridgehead atoms.